The summed E-state index contributed by atoms with van der Waals surface area (Å²) >= 11 is 0. The summed E-state index contributed by atoms with van der Waals surface area (Å²) < 4.78 is 65.7. The molecule has 2 N–H and O–H groups in total. The van der Waals surface area contributed by atoms with Gasteiger partial charge in [0.15, 0.2) is 23.3 Å². The molecular formula is C13H14F5NO2. The van der Waals surface area contributed by atoms with Gasteiger partial charge in [0.2, 0.25) is 5.82 Å². The molecule has 0 saturated carbocycles. The maximum atomic E-state index is 13.4. The van der Waals surface area contributed by atoms with Crippen molar-refractivity contribution in [1.29, 1.82) is 0 Å². The van der Waals surface area contributed by atoms with E-state index in [9.17, 15) is 26.7 Å². The van der Waals surface area contributed by atoms with Crippen LogP contribution in [0.3, 0.4) is 0 Å². The third-order valence-electron chi connectivity index (χ3n) is 2.83. The minimum absolute atomic E-state index is 0.0324. The monoisotopic (exact) mass is 311 g/mol. The minimum Gasteiger partial charge on any atom is -0.480 e. The first-order chi connectivity index (χ1) is 9.66. The molecule has 0 saturated heterocycles. The van der Waals surface area contributed by atoms with E-state index in [-0.39, 0.29) is 12.3 Å². The number of aliphatic carboxylic acids is 1. The second-order valence-corrected chi connectivity index (χ2v) is 4.95. The average Bonchev–Trinajstić information content (AvgIpc) is 2.41. The first kappa shape index (κ1) is 17.4. The lowest BCUT2D eigenvalue weighted by atomic mass is 10.0. The summed E-state index contributed by atoms with van der Waals surface area (Å²) in [5.74, 6) is -11.6. The summed E-state index contributed by atoms with van der Waals surface area (Å²) in [5.41, 5.74) is -1.08. The predicted octanol–water partition coefficient (Wildman–Crippen LogP) is 2.97. The Hall–Kier alpha value is -1.70. The molecule has 0 amide bonds. The van der Waals surface area contributed by atoms with Crippen molar-refractivity contribution in [2.24, 2.45) is 5.92 Å². The van der Waals surface area contributed by atoms with Crippen molar-refractivity contribution in [1.82, 2.24) is 5.32 Å². The largest absolute Gasteiger partial charge is 0.480 e. The van der Waals surface area contributed by atoms with Gasteiger partial charge in [-0.3, -0.25) is 4.79 Å². The molecule has 1 atom stereocenters. The SMILES string of the molecule is CC(C)CC(NCc1c(F)c(F)c(F)c(F)c1F)C(=O)O. The van der Waals surface area contributed by atoms with Crippen molar-refractivity contribution < 1.29 is 31.9 Å². The highest BCUT2D eigenvalue weighted by Crippen LogP contribution is 2.23. The molecule has 21 heavy (non-hydrogen) atoms. The number of carboxylic acid groups (broad SMARTS) is 1. The van der Waals surface area contributed by atoms with Crippen molar-refractivity contribution in [2.45, 2.75) is 32.9 Å². The zero-order chi connectivity index (χ0) is 16.3. The second kappa shape index (κ2) is 6.84. The average molecular weight is 311 g/mol. The van der Waals surface area contributed by atoms with E-state index < -0.39 is 53.2 Å². The molecule has 0 aliphatic carbocycles. The second-order valence-electron chi connectivity index (χ2n) is 4.95. The molecule has 0 fully saturated rings. The molecule has 1 aromatic carbocycles. The number of nitrogens with one attached hydrogen (secondary N) is 1. The summed E-state index contributed by atoms with van der Waals surface area (Å²) in [6.45, 7) is 2.68. The van der Waals surface area contributed by atoms with Gasteiger partial charge in [-0.2, -0.15) is 0 Å². The van der Waals surface area contributed by atoms with Gasteiger partial charge in [-0.25, -0.2) is 22.0 Å². The van der Waals surface area contributed by atoms with Crippen LogP contribution in [-0.4, -0.2) is 17.1 Å². The van der Waals surface area contributed by atoms with Gasteiger partial charge in [0.25, 0.3) is 0 Å². The molecule has 1 aromatic rings. The number of hydrogen-bond donors (Lipinski definition) is 2. The van der Waals surface area contributed by atoms with E-state index in [1.54, 1.807) is 13.8 Å². The standard InChI is InChI=1S/C13H14F5NO2/c1-5(2)3-7(13(20)21)19-4-6-8(14)10(16)12(18)11(17)9(6)15/h5,7,19H,3-4H2,1-2H3,(H,20,21). The summed E-state index contributed by atoms with van der Waals surface area (Å²) in [5, 5.41) is 11.2. The number of halogens is 5. The molecule has 1 rings (SSSR count). The molecule has 8 heteroatoms. The van der Waals surface area contributed by atoms with Crippen molar-refractivity contribution in [3.05, 3.63) is 34.6 Å². The van der Waals surface area contributed by atoms with Gasteiger partial charge in [-0.05, 0) is 12.3 Å². The first-order valence-corrected chi connectivity index (χ1v) is 6.13. The fourth-order valence-electron chi connectivity index (χ4n) is 1.77. The molecule has 118 valence electrons. The van der Waals surface area contributed by atoms with Gasteiger partial charge in [0.1, 0.15) is 6.04 Å². The summed E-state index contributed by atoms with van der Waals surface area (Å²) in [6.07, 6.45) is 0.144. The van der Waals surface area contributed by atoms with E-state index in [1.165, 1.54) is 0 Å². The first-order valence-electron chi connectivity index (χ1n) is 6.13. The molecule has 0 aliphatic heterocycles. The molecule has 0 aromatic heterocycles. The fraction of sp³-hybridized carbons (Fsp3) is 0.462. The molecular weight excluding hydrogens is 297 g/mol. The maximum absolute atomic E-state index is 13.4. The Bertz CT molecular complexity index is 519. The van der Waals surface area contributed by atoms with Crippen molar-refractivity contribution in [2.75, 3.05) is 0 Å². The van der Waals surface area contributed by atoms with Crippen LogP contribution in [-0.2, 0) is 11.3 Å². The van der Waals surface area contributed by atoms with Crippen LogP contribution in [0.1, 0.15) is 25.8 Å². The van der Waals surface area contributed by atoms with Crippen LogP contribution in [0.15, 0.2) is 0 Å². The van der Waals surface area contributed by atoms with Crippen LogP contribution in [0, 0.1) is 35.0 Å². The zero-order valence-electron chi connectivity index (χ0n) is 11.3. The number of benzene rings is 1. The third-order valence-corrected chi connectivity index (χ3v) is 2.83. The Morgan fingerprint density at radius 3 is 1.81 bits per heavy atom. The molecule has 0 spiro atoms. The van der Waals surface area contributed by atoms with Crippen LogP contribution in [0.5, 0.6) is 0 Å². The summed E-state index contributed by atoms with van der Waals surface area (Å²) in [7, 11) is 0. The van der Waals surface area contributed by atoms with Crippen molar-refractivity contribution >= 4 is 5.97 Å². The molecule has 1 unspecified atom stereocenters. The predicted molar refractivity (Wildman–Crippen MR) is 64.0 cm³/mol. The lowest BCUT2D eigenvalue weighted by Gasteiger charge is -2.17. The normalized spacial score (nSPS) is 12.8. The highest BCUT2D eigenvalue weighted by Gasteiger charge is 2.27. The summed E-state index contributed by atoms with van der Waals surface area (Å²) in [4.78, 5) is 11.0. The topological polar surface area (TPSA) is 49.3 Å². The molecule has 3 nitrogen and oxygen atoms in total. The Morgan fingerprint density at radius 1 is 1.00 bits per heavy atom. The molecule has 0 heterocycles. The fourth-order valence-corrected chi connectivity index (χ4v) is 1.77. The smallest absolute Gasteiger partial charge is 0.320 e. The maximum Gasteiger partial charge on any atom is 0.320 e. The van der Waals surface area contributed by atoms with Gasteiger partial charge in [0, 0.05) is 12.1 Å². The van der Waals surface area contributed by atoms with E-state index in [0.717, 1.165) is 0 Å². The van der Waals surface area contributed by atoms with E-state index in [4.69, 9.17) is 5.11 Å². The number of hydrogen-bond acceptors (Lipinski definition) is 2. The van der Waals surface area contributed by atoms with Crippen molar-refractivity contribution in [3.8, 4) is 0 Å². The van der Waals surface area contributed by atoms with Gasteiger partial charge in [-0.15, -0.1) is 0 Å². The van der Waals surface area contributed by atoms with Crippen LogP contribution in [0.25, 0.3) is 0 Å². The lowest BCUT2D eigenvalue weighted by molar-refractivity contribution is -0.140. The number of rotatable bonds is 6. The van der Waals surface area contributed by atoms with Crippen LogP contribution in [0.4, 0.5) is 22.0 Å². The number of carbonyl (C=O) groups is 1. The molecule has 0 aliphatic rings. The summed E-state index contributed by atoms with van der Waals surface area (Å²) in [6, 6.07) is -1.15. The number of carboxylic acids is 1. The van der Waals surface area contributed by atoms with E-state index in [1.807, 2.05) is 0 Å². The third kappa shape index (κ3) is 3.90. The highest BCUT2D eigenvalue weighted by molar-refractivity contribution is 5.73. The van der Waals surface area contributed by atoms with Crippen LogP contribution >= 0.6 is 0 Å². The van der Waals surface area contributed by atoms with Crippen molar-refractivity contribution in [3.63, 3.8) is 0 Å². The van der Waals surface area contributed by atoms with Gasteiger partial charge in [-0.1, -0.05) is 13.8 Å². The highest BCUT2D eigenvalue weighted by atomic mass is 19.2. The van der Waals surface area contributed by atoms with Gasteiger partial charge >= 0.3 is 5.97 Å². The lowest BCUT2D eigenvalue weighted by Crippen LogP contribution is -2.37. The van der Waals surface area contributed by atoms with E-state index >= 15 is 0 Å². The van der Waals surface area contributed by atoms with Gasteiger partial charge < -0.3 is 10.4 Å². The Morgan fingerprint density at radius 2 is 1.43 bits per heavy atom. The van der Waals surface area contributed by atoms with Gasteiger partial charge in [0.05, 0.1) is 0 Å². The Labute approximate surface area is 117 Å². The minimum atomic E-state index is -2.24. The molecule has 0 bridgehead atoms. The quantitative estimate of drug-likeness (QED) is 0.482. The van der Waals surface area contributed by atoms with Crippen LogP contribution in [0.2, 0.25) is 0 Å². The Balaban J connectivity index is 3.00. The van der Waals surface area contributed by atoms with E-state index in [2.05, 4.69) is 5.32 Å². The van der Waals surface area contributed by atoms with Crippen LogP contribution < -0.4 is 5.32 Å². The van der Waals surface area contributed by atoms with E-state index in [0.29, 0.717) is 0 Å². The zero-order valence-corrected chi connectivity index (χ0v) is 11.3. The Kier molecular flexibility index (Phi) is 5.65. The molecule has 0 radical (unpaired) electrons.